The molecule has 1 aromatic rings. The van der Waals surface area contributed by atoms with Gasteiger partial charge >= 0.3 is 6.18 Å². The first-order valence-electron chi connectivity index (χ1n) is 9.57. The summed E-state index contributed by atoms with van der Waals surface area (Å²) >= 11 is 0. The van der Waals surface area contributed by atoms with Crippen molar-refractivity contribution in [1.29, 1.82) is 0 Å². The van der Waals surface area contributed by atoms with Gasteiger partial charge in [0.1, 0.15) is 5.75 Å². The molecular formula is C19H30F3IN4O2. The fourth-order valence-corrected chi connectivity index (χ4v) is 2.78. The van der Waals surface area contributed by atoms with Crippen molar-refractivity contribution < 1.29 is 22.6 Å². The van der Waals surface area contributed by atoms with Crippen LogP contribution in [0.15, 0.2) is 29.3 Å². The van der Waals surface area contributed by atoms with Gasteiger partial charge < -0.3 is 20.1 Å². The lowest BCUT2D eigenvalue weighted by Crippen LogP contribution is -2.40. The van der Waals surface area contributed by atoms with Gasteiger partial charge in [-0.1, -0.05) is 18.2 Å². The first-order valence-corrected chi connectivity index (χ1v) is 9.57. The fourth-order valence-electron chi connectivity index (χ4n) is 2.78. The molecule has 1 heterocycles. The number of benzene rings is 1. The Kier molecular flexibility index (Phi) is 12.3. The highest BCUT2D eigenvalue weighted by Crippen LogP contribution is 2.22. The summed E-state index contributed by atoms with van der Waals surface area (Å²) < 4.78 is 47.5. The maximum Gasteiger partial charge on any atom is 0.422 e. The summed E-state index contributed by atoms with van der Waals surface area (Å²) in [6.07, 6.45) is -3.40. The molecule has 0 bridgehead atoms. The molecule has 2 N–H and O–H groups in total. The number of hydrogen-bond acceptors (Lipinski definition) is 4. The molecular weight excluding hydrogens is 500 g/mol. The number of morpholine rings is 1. The lowest BCUT2D eigenvalue weighted by atomic mass is 10.2. The molecule has 10 heteroatoms. The number of rotatable bonds is 9. The molecule has 1 saturated heterocycles. The van der Waals surface area contributed by atoms with Crippen LogP contribution in [0.5, 0.6) is 5.75 Å². The summed E-state index contributed by atoms with van der Waals surface area (Å²) in [7, 11) is 0. The molecule has 0 aliphatic carbocycles. The first-order chi connectivity index (χ1) is 13.5. The van der Waals surface area contributed by atoms with Crippen LogP contribution in [0.25, 0.3) is 0 Å². The maximum atomic E-state index is 12.4. The predicted octanol–water partition coefficient (Wildman–Crippen LogP) is 3.02. The number of alkyl halides is 3. The molecule has 2 rings (SSSR count). The Morgan fingerprint density at radius 1 is 1.21 bits per heavy atom. The zero-order valence-corrected chi connectivity index (χ0v) is 19.0. The van der Waals surface area contributed by atoms with Crippen LogP contribution in [0.2, 0.25) is 0 Å². The van der Waals surface area contributed by atoms with Crippen molar-refractivity contribution in [2.75, 3.05) is 52.5 Å². The monoisotopic (exact) mass is 530 g/mol. The normalized spacial score (nSPS) is 15.5. The molecule has 0 spiro atoms. The molecule has 0 saturated carbocycles. The number of para-hydroxylation sites is 1. The number of ether oxygens (including phenoxy) is 2. The van der Waals surface area contributed by atoms with Gasteiger partial charge in [0.15, 0.2) is 12.6 Å². The molecule has 0 unspecified atom stereocenters. The maximum absolute atomic E-state index is 12.4. The van der Waals surface area contributed by atoms with E-state index in [1.54, 1.807) is 18.2 Å². The van der Waals surface area contributed by atoms with Crippen LogP contribution >= 0.6 is 24.0 Å². The third-order valence-corrected chi connectivity index (χ3v) is 4.16. The molecule has 166 valence electrons. The molecule has 1 aliphatic rings. The molecule has 0 atom stereocenters. The minimum atomic E-state index is -4.37. The smallest absolute Gasteiger partial charge is 0.422 e. The Labute approximate surface area is 187 Å². The van der Waals surface area contributed by atoms with E-state index in [9.17, 15) is 13.2 Å². The van der Waals surface area contributed by atoms with E-state index in [1.165, 1.54) is 6.07 Å². The average molecular weight is 530 g/mol. The fraction of sp³-hybridized carbons (Fsp3) is 0.632. The summed E-state index contributed by atoms with van der Waals surface area (Å²) in [5, 5.41) is 6.42. The van der Waals surface area contributed by atoms with E-state index >= 15 is 0 Å². The van der Waals surface area contributed by atoms with Crippen molar-refractivity contribution in [2.24, 2.45) is 4.99 Å². The van der Waals surface area contributed by atoms with E-state index in [0.717, 1.165) is 45.8 Å². The molecule has 0 amide bonds. The molecule has 1 aromatic carbocycles. The summed E-state index contributed by atoms with van der Waals surface area (Å²) in [5.41, 5.74) is 0.609. The van der Waals surface area contributed by atoms with Crippen molar-refractivity contribution in [3.05, 3.63) is 29.8 Å². The number of aliphatic imine (C=N–C) groups is 1. The largest absolute Gasteiger partial charge is 0.484 e. The number of guanidine groups is 1. The number of hydrogen-bond donors (Lipinski definition) is 2. The van der Waals surface area contributed by atoms with Crippen LogP contribution in [0.4, 0.5) is 13.2 Å². The molecule has 1 aliphatic heterocycles. The summed E-state index contributed by atoms with van der Waals surface area (Å²) in [6, 6.07) is 6.65. The quantitative estimate of drug-likeness (QED) is 0.223. The van der Waals surface area contributed by atoms with Crippen LogP contribution in [-0.4, -0.2) is 69.6 Å². The highest BCUT2D eigenvalue weighted by molar-refractivity contribution is 14.0. The third-order valence-electron chi connectivity index (χ3n) is 4.16. The van der Waals surface area contributed by atoms with Gasteiger partial charge in [0.2, 0.25) is 0 Å². The summed E-state index contributed by atoms with van der Waals surface area (Å²) in [4.78, 5) is 6.84. The van der Waals surface area contributed by atoms with Crippen molar-refractivity contribution in [2.45, 2.75) is 26.1 Å². The van der Waals surface area contributed by atoms with Crippen LogP contribution < -0.4 is 15.4 Å². The zero-order chi connectivity index (χ0) is 20.2. The van der Waals surface area contributed by atoms with E-state index in [1.807, 2.05) is 6.92 Å². The molecule has 1 fully saturated rings. The van der Waals surface area contributed by atoms with Crippen LogP contribution in [0.3, 0.4) is 0 Å². The number of nitrogens with zero attached hydrogens (tertiary/aromatic N) is 2. The minimum Gasteiger partial charge on any atom is -0.484 e. The van der Waals surface area contributed by atoms with Gasteiger partial charge in [-0.15, -0.1) is 24.0 Å². The number of nitrogens with one attached hydrogen (secondary N) is 2. The van der Waals surface area contributed by atoms with Gasteiger partial charge in [0.05, 0.1) is 19.8 Å². The van der Waals surface area contributed by atoms with E-state index in [4.69, 9.17) is 9.47 Å². The Morgan fingerprint density at radius 3 is 2.62 bits per heavy atom. The SMILES string of the molecule is CCNC(=NCc1ccccc1OCC(F)(F)F)NCCCN1CCOCC1.I. The molecule has 29 heavy (non-hydrogen) atoms. The van der Waals surface area contributed by atoms with E-state index < -0.39 is 12.8 Å². The second-order valence-corrected chi connectivity index (χ2v) is 6.44. The molecule has 0 aromatic heterocycles. The van der Waals surface area contributed by atoms with Crippen LogP contribution in [0.1, 0.15) is 18.9 Å². The average Bonchev–Trinajstić information content (AvgIpc) is 2.68. The van der Waals surface area contributed by atoms with Crippen molar-refractivity contribution in [1.82, 2.24) is 15.5 Å². The van der Waals surface area contributed by atoms with Gasteiger partial charge in [0, 0.05) is 31.7 Å². The third kappa shape index (κ3) is 10.9. The van der Waals surface area contributed by atoms with Gasteiger partial charge in [-0.05, 0) is 26.0 Å². The van der Waals surface area contributed by atoms with Gasteiger partial charge in [-0.2, -0.15) is 13.2 Å². The molecule has 6 nitrogen and oxygen atoms in total. The van der Waals surface area contributed by atoms with Crippen molar-refractivity contribution in [3.8, 4) is 5.75 Å². The predicted molar refractivity (Wildman–Crippen MR) is 118 cm³/mol. The molecule has 0 radical (unpaired) electrons. The van der Waals surface area contributed by atoms with E-state index in [-0.39, 0.29) is 36.3 Å². The topological polar surface area (TPSA) is 58.1 Å². The van der Waals surface area contributed by atoms with Gasteiger partial charge in [-0.3, -0.25) is 4.90 Å². The van der Waals surface area contributed by atoms with Crippen molar-refractivity contribution in [3.63, 3.8) is 0 Å². The Balaban J connectivity index is 0.00000420. The summed E-state index contributed by atoms with van der Waals surface area (Å²) in [5.74, 6) is 0.835. The Morgan fingerprint density at radius 2 is 1.93 bits per heavy atom. The minimum absolute atomic E-state index is 0. The van der Waals surface area contributed by atoms with Crippen LogP contribution in [-0.2, 0) is 11.3 Å². The van der Waals surface area contributed by atoms with Crippen molar-refractivity contribution >= 4 is 29.9 Å². The van der Waals surface area contributed by atoms with E-state index in [2.05, 4.69) is 20.5 Å². The summed E-state index contributed by atoms with van der Waals surface area (Å²) in [6.45, 7) is 6.82. The lowest BCUT2D eigenvalue weighted by Gasteiger charge is -2.26. The zero-order valence-electron chi connectivity index (χ0n) is 16.6. The van der Waals surface area contributed by atoms with Crippen LogP contribution in [0, 0.1) is 0 Å². The van der Waals surface area contributed by atoms with Gasteiger partial charge in [-0.25, -0.2) is 4.99 Å². The van der Waals surface area contributed by atoms with E-state index in [0.29, 0.717) is 18.1 Å². The highest BCUT2D eigenvalue weighted by Gasteiger charge is 2.28. The first kappa shape index (κ1) is 25.8. The van der Waals surface area contributed by atoms with Gasteiger partial charge in [0.25, 0.3) is 0 Å². The lowest BCUT2D eigenvalue weighted by molar-refractivity contribution is -0.153. The second-order valence-electron chi connectivity index (χ2n) is 6.44. The second kappa shape index (κ2) is 13.9. The Hall–Kier alpha value is -1.27. The number of halogens is 4. The standard InChI is InChI=1S/C19H29F3N4O2.HI/c1-2-23-18(24-8-5-9-26-10-12-27-13-11-26)25-14-16-6-3-4-7-17(16)28-15-19(20,21)22;/h3-4,6-7H,2,5,8-15H2,1H3,(H2,23,24,25);1H. The highest BCUT2D eigenvalue weighted by atomic mass is 127. The Bertz CT molecular complexity index is 611.